The van der Waals surface area contributed by atoms with E-state index in [1.807, 2.05) is 0 Å². The van der Waals surface area contributed by atoms with Gasteiger partial charge < -0.3 is 15.4 Å². The van der Waals surface area contributed by atoms with Crippen molar-refractivity contribution in [3.05, 3.63) is 118 Å². The largest absolute Gasteiger partial charge is 0.573 e. The Morgan fingerprint density at radius 1 is 0.889 bits per heavy atom. The molecule has 14 heteroatoms. The molecule has 1 atom stereocenters. The van der Waals surface area contributed by atoms with Gasteiger partial charge in [-0.3, -0.25) is 14.1 Å². The molecular weight excluding hydrogens is 656 g/mol. The zero-order chi connectivity index (χ0) is 32.8. The monoisotopic (exact) mass is 680 g/mol. The SMILES string of the molecule is O=C(NCCS(=O)(=O)O)c1ccc(CC(C(=O)Nc2ccc(-c3ccc(Cl)cc3Cl)cc2)c2ccc(OC(F)(F)F)cc2)cc1. The van der Waals surface area contributed by atoms with Gasteiger partial charge in [-0.1, -0.05) is 65.7 Å². The van der Waals surface area contributed by atoms with Gasteiger partial charge in [-0.2, -0.15) is 8.42 Å². The highest BCUT2D eigenvalue weighted by Gasteiger charge is 2.31. The normalized spacial score (nSPS) is 12.3. The van der Waals surface area contributed by atoms with Crippen LogP contribution in [0.3, 0.4) is 0 Å². The van der Waals surface area contributed by atoms with E-state index in [2.05, 4.69) is 15.4 Å². The van der Waals surface area contributed by atoms with Crippen LogP contribution in [0, 0.1) is 0 Å². The van der Waals surface area contributed by atoms with Crippen LogP contribution in [0.1, 0.15) is 27.4 Å². The lowest BCUT2D eigenvalue weighted by atomic mass is 9.90. The van der Waals surface area contributed by atoms with E-state index in [0.29, 0.717) is 26.9 Å². The fourth-order valence-electron chi connectivity index (χ4n) is 4.37. The smallest absolute Gasteiger partial charge is 0.406 e. The highest BCUT2D eigenvalue weighted by atomic mass is 35.5. The van der Waals surface area contributed by atoms with Gasteiger partial charge in [0.1, 0.15) is 5.75 Å². The van der Waals surface area contributed by atoms with Crippen molar-refractivity contribution in [2.75, 3.05) is 17.6 Å². The Kier molecular flexibility index (Phi) is 10.8. The average Bonchev–Trinajstić information content (AvgIpc) is 2.96. The number of carbonyl (C=O) groups excluding carboxylic acids is 2. The van der Waals surface area contributed by atoms with Crippen molar-refractivity contribution in [2.45, 2.75) is 18.7 Å². The van der Waals surface area contributed by atoms with E-state index in [9.17, 15) is 31.2 Å². The minimum absolute atomic E-state index is 0.119. The Morgan fingerprint density at radius 2 is 1.53 bits per heavy atom. The molecule has 3 N–H and O–H groups in total. The number of hydrogen-bond donors (Lipinski definition) is 3. The lowest BCUT2D eigenvalue weighted by Crippen LogP contribution is -2.28. The molecule has 0 radical (unpaired) electrons. The summed E-state index contributed by atoms with van der Waals surface area (Å²) in [5, 5.41) is 6.17. The van der Waals surface area contributed by atoms with E-state index in [-0.39, 0.29) is 18.5 Å². The van der Waals surface area contributed by atoms with Crippen LogP contribution in [0.4, 0.5) is 18.9 Å². The quantitative estimate of drug-likeness (QED) is 0.145. The summed E-state index contributed by atoms with van der Waals surface area (Å²) in [6.07, 6.45) is -4.75. The molecule has 4 aromatic carbocycles. The Morgan fingerprint density at radius 3 is 2.11 bits per heavy atom. The molecule has 2 amide bonds. The first-order chi connectivity index (χ1) is 21.2. The van der Waals surface area contributed by atoms with Crippen LogP contribution >= 0.6 is 23.2 Å². The molecule has 8 nitrogen and oxygen atoms in total. The third-order valence-electron chi connectivity index (χ3n) is 6.53. The summed E-state index contributed by atoms with van der Waals surface area (Å²) < 4.78 is 72.5. The molecule has 0 bridgehead atoms. The topological polar surface area (TPSA) is 122 Å². The lowest BCUT2D eigenvalue weighted by molar-refractivity contribution is -0.274. The molecule has 0 aliphatic carbocycles. The van der Waals surface area contributed by atoms with E-state index in [1.165, 1.54) is 24.3 Å². The van der Waals surface area contributed by atoms with Crippen molar-refractivity contribution in [3.8, 4) is 16.9 Å². The molecule has 0 saturated carbocycles. The first-order valence-corrected chi connectivity index (χ1v) is 15.6. The van der Waals surface area contributed by atoms with E-state index < -0.39 is 45.7 Å². The van der Waals surface area contributed by atoms with Crippen LogP contribution in [-0.2, 0) is 21.3 Å². The van der Waals surface area contributed by atoms with Crippen molar-refractivity contribution >= 4 is 50.8 Å². The van der Waals surface area contributed by atoms with Crippen LogP contribution in [0.15, 0.2) is 91.0 Å². The molecular formula is C31H25Cl2F3N2O6S. The van der Waals surface area contributed by atoms with Crippen molar-refractivity contribution in [1.82, 2.24) is 5.32 Å². The second-order valence-corrected chi connectivity index (χ2v) is 12.2. The third kappa shape index (κ3) is 10.2. The predicted molar refractivity (Wildman–Crippen MR) is 165 cm³/mol. The van der Waals surface area contributed by atoms with Crippen molar-refractivity contribution < 1.29 is 40.5 Å². The van der Waals surface area contributed by atoms with E-state index in [4.69, 9.17) is 27.8 Å². The van der Waals surface area contributed by atoms with Crippen LogP contribution in [0.5, 0.6) is 5.75 Å². The molecule has 0 saturated heterocycles. The van der Waals surface area contributed by atoms with E-state index in [1.54, 1.807) is 54.6 Å². The third-order valence-corrected chi connectivity index (χ3v) is 7.80. The minimum Gasteiger partial charge on any atom is -0.406 e. The van der Waals surface area contributed by atoms with Crippen molar-refractivity contribution in [3.63, 3.8) is 0 Å². The number of alkyl halides is 3. The molecule has 0 fully saturated rings. The van der Waals surface area contributed by atoms with Gasteiger partial charge >= 0.3 is 6.36 Å². The number of benzene rings is 4. The van der Waals surface area contributed by atoms with Gasteiger partial charge in [-0.15, -0.1) is 13.2 Å². The number of carbonyl (C=O) groups is 2. The summed E-state index contributed by atoms with van der Waals surface area (Å²) in [5.41, 5.74) is 3.26. The van der Waals surface area contributed by atoms with Gasteiger partial charge in [0, 0.05) is 33.4 Å². The molecule has 236 valence electrons. The second kappa shape index (κ2) is 14.3. The molecule has 0 aliphatic heterocycles. The lowest BCUT2D eigenvalue weighted by Gasteiger charge is -2.19. The Balaban J connectivity index is 1.53. The zero-order valence-electron chi connectivity index (χ0n) is 23.1. The molecule has 0 aliphatic rings. The summed E-state index contributed by atoms with van der Waals surface area (Å²) in [6.45, 7) is -0.288. The summed E-state index contributed by atoms with van der Waals surface area (Å²) >= 11 is 12.3. The van der Waals surface area contributed by atoms with E-state index >= 15 is 0 Å². The fraction of sp³-hybridized carbons (Fsp3) is 0.161. The maximum atomic E-state index is 13.6. The fourth-order valence-corrected chi connectivity index (χ4v) is 5.25. The Bertz CT molecular complexity index is 1770. The molecule has 4 rings (SSSR count). The molecule has 0 heterocycles. The van der Waals surface area contributed by atoms with Crippen LogP contribution in [-0.4, -0.2) is 43.4 Å². The van der Waals surface area contributed by atoms with Gasteiger partial charge in [0.2, 0.25) is 5.91 Å². The zero-order valence-corrected chi connectivity index (χ0v) is 25.5. The Hall–Kier alpha value is -4.10. The van der Waals surface area contributed by atoms with E-state index in [0.717, 1.165) is 23.3 Å². The number of anilines is 1. The van der Waals surface area contributed by atoms with Crippen molar-refractivity contribution in [1.29, 1.82) is 0 Å². The average molecular weight is 682 g/mol. The number of ether oxygens (including phenoxy) is 1. The number of hydrogen-bond acceptors (Lipinski definition) is 5. The number of amides is 2. The summed E-state index contributed by atoms with van der Waals surface area (Å²) in [4.78, 5) is 25.9. The predicted octanol–water partition coefficient (Wildman–Crippen LogP) is 7.14. The maximum Gasteiger partial charge on any atom is 0.573 e. The maximum absolute atomic E-state index is 13.6. The minimum atomic E-state index is -4.87. The number of rotatable bonds is 11. The number of nitrogens with one attached hydrogen (secondary N) is 2. The molecule has 0 aromatic heterocycles. The van der Waals surface area contributed by atoms with Crippen LogP contribution in [0.25, 0.3) is 11.1 Å². The highest BCUT2D eigenvalue weighted by molar-refractivity contribution is 7.85. The number of halogens is 5. The first kappa shape index (κ1) is 33.8. The summed E-state index contributed by atoms with van der Waals surface area (Å²) in [5.74, 6) is -2.94. The first-order valence-electron chi connectivity index (χ1n) is 13.2. The molecule has 0 spiro atoms. The van der Waals surface area contributed by atoms with Gasteiger partial charge in [0.05, 0.1) is 11.7 Å². The van der Waals surface area contributed by atoms with Crippen LogP contribution in [0.2, 0.25) is 10.0 Å². The summed E-state index contributed by atoms with van der Waals surface area (Å²) in [7, 11) is -4.24. The Labute approximate surface area is 266 Å². The van der Waals surface area contributed by atoms with Gasteiger partial charge in [0.25, 0.3) is 16.0 Å². The molecule has 45 heavy (non-hydrogen) atoms. The van der Waals surface area contributed by atoms with Crippen molar-refractivity contribution in [2.24, 2.45) is 0 Å². The van der Waals surface area contributed by atoms with Gasteiger partial charge in [-0.25, -0.2) is 0 Å². The van der Waals surface area contributed by atoms with Crippen LogP contribution < -0.4 is 15.4 Å². The second-order valence-electron chi connectivity index (χ2n) is 9.80. The standard InChI is InChI=1S/C31H25Cl2F3N2O6S/c32-23-9-14-26(28(33)18-23)20-5-10-24(11-6-20)38-30(40)27(21-7-12-25(13-8-21)44-31(34,35)36)17-19-1-3-22(4-2-19)29(39)37-15-16-45(41,42)43/h1-14,18,27H,15-17H2,(H,37,39)(H,38,40)(H,41,42,43). The molecule has 4 aromatic rings. The molecule has 1 unspecified atom stereocenters. The van der Waals surface area contributed by atoms with Gasteiger partial charge in [0.15, 0.2) is 0 Å². The highest BCUT2D eigenvalue weighted by Crippen LogP contribution is 2.32. The summed E-state index contributed by atoms with van der Waals surface area (Å²) in [6, 6.07) is 23.1. The van der Waals surface area contributed by atoms with Gasteiger partial charge in [-0.05, 0) is 71.6 Å².